The first-order valence-electron chi connectivity index (χ1n) is 9.13. The lowest BCUT2D eigenvalue weighted by Crippen LogP contribution is -2.38. The Hall–Kier alpha value is -2.00. The van der Waals surface area contributed by atoms with E-state index in [1.54, 1.807) is 14.2 Å². The fraction of sp³-hybridized carbons (Fsp3) is 0.455. The van der Waals surface area contributed by atoms with Gasteiger partial charge < -0.3 is 14.2 Å². The molecule has 0 spiro atoms. The highest BCUT2D eigenvalue weighted by Crippen LogP contribution is 2.46. The third-order valence-electron chi connectivity index (χ3n) is 5.71. The molecule has 0 fully saturated rings. The summed E-state index contributed by atoms with van der Waals surface area (Å²) < 4.78 is 17.6. The van der Waals surface area contributed by atoms with Gasteiger partial charge >= 0.3 is 0 Å². The molecular formula is C22H26O3. The Kier molecular flexibility index (Phi) is 4.20. The smallest absolute Gasteiger partial charge is 0.122 e. The molecule has 1 aliphatic carbocycles. The second-order valence-electron chi connectivity index (χ2n) is 7.36. The van der Waals surface area contributed by atoms with E-state index in [4.69, 9.17) is 14.2 Å². The zero-order chi connectivity index (χ0) is 17.4. The maximum Gasteiger partial charge on any atom is 0.122 e. The van der Waals surface area contributed by atoms with Crippen molar-refractivity contribution in [1.82, 2.24) is 0 Å². The SMILES string of the molecule is COc1cccc(CC2Cc3c4ccc(OC)c3CCC[C@]4(C)O2)c1. The van der Waals surface area contributed by atoms with E-state index in [0.717, 1.165) is 43.6 Å². The standard InChI is InChI=1S/C22H26O3/c1-22-11-5-8-18-19(20(22)9-10-21(18)24-3)14-17(25-22)13-15-6-4-7-16(12-15)23-2/h4,6-7,9-10,12,17H,5,8,11,13-14H2,1-3H3/t17?,22-/m0/s1. The summed E-state index contributed by atoms with van der Waals surface area (Å²) in [5.41, 5.74) is 5.29. The highest BCUT2D eigenvalue weighted by molar-refractivity contribution is 5.50. The van der Waals surface area contributed by atoms with Gasteiger partial charge in [-0.2, -0.15) is 0 Å². The minimum Gasteiger partial charge on any atom is -0.497 e. The Morgan fingerprint density at radius 2 is 2.00 bits per heavy atom. The van der Waals surface area contributed by atoms with Crippen molar-refractivity contribution in [3.8, 4) is 11.5 Å². The molecule has 1 aliphatic heterocycles. The third-order valence-corrected chi connectivity index (χ3v) is 5.71. The van der Waals surface area contributed by atoms with E-state index in [1.165, 1.54) is 22.3 Å². The molecule has 0 saturated heterocycles. The van der Waals surface area contributed by atoms with Crippen LogP contribution in [0.2, 0.25) is 0 Å². The summed E-state index contributed by atoms with van der Waals surface area (Å²) >= 11 is 0. The monoisotopic (exact) mass is 338 g/mol. The lowest BCUT2D eigenvalue weighted by molar-refractivity contribution is -0.103. The molecule has 2 atom stereocenters. The molecule has 0 amide bonds. The van der Waals surface area contributed by atoms with Crippen molar-refractivity contribution < 1.29 is 14.2 Å². The van der Waals surface area contributed by atoms with Gasteiger partial charge in [-0.15, -0.1) is 0 Å². The Labute approximate surface area is 149 Å². The normalized spacial score (nSPS) is 24.5. The van der Waals surface area contributed by atoms with Gasteiger partial charge in [-0.05, 0) is 79.5 Å². The van der Waals surface area contributed by atoms with Gasteiger partial charge in [0, 0.05) is 0 Å². The van der Waals surface area contributed by atoms with E-state index >= 15 is 0 Å². The minimum atomic E-state index is -0.186. The van der Waals surface area contributed by atoms with Crippen LogP contribution in [-0.4, -0.2) is 20.3 Å². The van der Waals surface area contributed by atoms with Crippen LogP contribution in [0.25, 0.3) is 0 Å². The Morgan fingerprint density at radius 3 is 2.80 bits per heavy atom. The number of ether oxygens (including phenoxy) is 3. The van der Waals surface area contributed by atoms with Crippen LogP contribution < -0.4 is 9.47 Å². The third kappa shape index (κ3) is 2.91. The van der Waals surface area contributed by atoms with Crippen molar-refractivity contribution in [2.45, 2.75) is 50.7 Å². The van der Waals surface area contributed by atoms with Crippen LogP contribution in [0.4, 0.5) is 0 Å². The van der Waals surface area contributed by atoms with Crippen molar-refractivity contribution in [2.24, 2.45) is 0 Å². The number of methoxy groups -OCH3 is 2. The zero-order valence-electron chi connectivity index (χ0n) is 15.3. The van der Waals surface area contributed by atoms with Crippen LogP contribution in [0, 0.1) is 0 Å². The van der Waals surface area contributed by atoms with Crippen LogP contribution in [0.3, 0.4) is 0 Å². The lowest BCUT2D eigenvalue weighted by atomic mass is 9.82. The summed E-state index contributed by atoms with van der Waals surface area (Å²) in [5, 5.41) is 0. The van der Waals surface area contributed by atoms with Gasteiger partial charge in [0.1, 0.15) is 11.5 Å². The van der Waals surface area contributed by atoms with Gasteiger partial charge in [0.25, 0.3) is 0 Å². The minimum absolute atomic E-state index is 0.186. The molecule has 0 radical (unpaired) electrons. The van der Waals surface area contributed by atoms with Gasteiger partial charge in [-0.3, -0.25) is 0 Å². The Balaban J connectivity index is 1.68. The maximum absolute atomic E-state index is 6.64. The van der Waals surface area contributed by atoms with E-state index < -0.39 is 0 Å². The van der Waals surface area contributed by atoms with Crippen LogP contribution >= 0.6 is 0 Å². The molecule has 0 aromatic heterocycles. The number of hydrogen-bond donors (Lipinski definition) is 0. The summed E-state index contributed by atoms with van der Waals surface area (Å²) in [6, 6.07) is 12.6. The molecule has 2 aliphatic rings. The summed E-state index contributed by atoms with van der Waals surface area (Å²) in [6.07, 6.45) is 5.33. The van der Waals surface area contributed by atoms with E-state index in [-0.39, 0.29) is 11.7 Å². The molecule has 132 valence electrons. The molecule has 0 saturated carbocycles. The van der Waals surface area contributed by atoms with Crippen LogP contribution in [0.15, 0.2) is 36.4 Å². The molecule has 3 heteroatoms. The van der Waals surface area contributed by atoms with Gasteiger partial charge in [0.2, 0.25) is 0 Å². The fourth-order valence-corrected chi connectivity index (χ4v) is 4.54. The van der Waals surface area contributed by atoms with Crippen molar-refractivity contribution in [2.75, 3.05) is 14.2 Å². The molecule has 4 bridgehead atoms. The van der Waals surface area contributed by atoms with Gasteiger partial charge in [-0.25, -0.2) is 0 Å². The number of benzene rings is 2. The maximum atomic E-state index is 6.64. The summed E-state index contributed by atoms with van der Waals surface area (Å²) in [4.78, 5) is 0. The van der Waals surface area contributed by atoms with Crippen molar-refractivity contribution >= 4 is 0 Å². The molecule has 0 N–H and O–H groups in total. The fourth-order valence-electron chi connectivity index (χ4n) is 4.54. The molecule has 25 heavy (non-hydrogen) atoms. The number of hydrogen-bond acceptors (Lipinski definition) is 3. The molecule has 3 nitrogen and oxygen atoms in total. The molecule has 4 rings (SSSR count). The highest BCUT2D eigenvalue weighted by atomic mass is 16.5. The van der Waals surface area contributed by atoms with Crippen LogP contribution in [-0.2, 0) is 29.6 Å². The Morgan fingerprint density at radius 1 is 1.12 bits per heavy atom. The predicted molar refractivity (Wildman–Crippen MR) is 98.6 cm³/mol. The van der Waals surface area contributed by atoms with Gasteiger partial charge in [0.15, 0.2) is 0 Å². The molecule has 1 unspecified atom stereocenters. The first kappa shape index (κ1) is 16.5. The molecule has 2 aromatic carbocycles. The largest absolute Gasteiger partial charge is 0.497 e. The molecule has 2 aromatic rings. The zero-order valence-corrected chi connectivity index (χ0v) is 15.3. The highest BCUT2D eigenvalue weighted by Gasteiger charge is 2.40. The predicted octanol–water partition coefficient (Wildman–Crippen LogP) is 4.44. The van der Waals surface area contributed by atoms with E-state index in [1.807, 2.05) is 6.07 Å². The topological polar surface area (TPSA) is 27.7 Å². The lowest BCUT2D eigenvalue weighted by Gasteiger charge is -2.40. The van der Waals surface area contributed by atoms with Crippen LogP contribution in [0.1, 0.15) is 42.0 Å². The average Bonchev–Trinajstić information content (AvgIpc) is 2.67. The second kappa shape index (κ2) is 6.38. The molecule has 1 heterocycles. The van der Waals surface area contributed by atoms with E-state index in [2.05, 4.69) is 37.3 Å². The summed E-state index contributed by atoms with van der Waals surface area (Å²) in [7, 11) is 3.49. The van der Waals surface area contributed by atoms with Crippen molar-refractivity contribution in [1.29, 1.82) is 0 Å². The molecular weight excluding hydrogens is 312 g/mol. The number of rotatable bonds is 4. The van der Waals surface area contributed by atoms with Gasteiger partial charge in [0.05, 0.1) is 25.9 Å². The second-order valence-corrected chi connectivity index (χ2v) is 7.36. The average molecular weight is 338 g/mol. The summed E-state index contributed by atoms with van der Waals surface area (Å²) in [6.45, 7) is 2.26. The van der Waals surface area contributed by atoms with Gasteiger partial charge in [-0.1, -0.05) is 18.2 Å². The van der Waals surface area contributed by atoms with Crippen LogP contribution in [0.5, 0.6) is 11.5 Å². The van der Waals surface area contributed by atoms with Crippen molar-refractivity contribution in [3.63, 3.8) is 0 Å². The van der Waals surface area contributed by atoms with E-state index in [9.17, 15) is 0 Å². The summed E-state index contributed by atoms with van der Waals surface area (Å²) in [5.74, 6) is 1.94. The first-order valence-corrected chi connectivity index (χ1v) is 9.13. The van der Waals surface area contributed by atoms with E-state index in [0.29, 0.717) is 0 Å². The Bertz CT molecular complexity index is 783. The van der Waals surface area contributed by atoms with Crippen molar-refractivity contribution in [3.05, 3.63) is 58.7 Å². The first-order chi connectivity index (χ1) is 12.1. The quantitative estimate of drug-likeness (QED) is 0.825.